The van der Waals surface area contributed by atoms with Gasteiger partial charge in [0.15, 0.2) is 17.5 Å². The van der Waals surface area contributed by atoms with E-state index in [2.05, 4.69) is 158 Å². The fraction of sp³-hybridized carbons (Fsp3) is 0. The minimum absolute atomic E-state index is 0.631. The number of hydrogen-bond acceptors (Lipinski definition) is 5. The zero-order valence-corrected chi connectivity index (χ0v) is 31.9. The first kappa shape index (κ1) is 32.7. The van der Waals surface area contributed by atoms with Crippen LogP contribution in [-0.4, -0.2) is 15.0 Å². The molecule has 0 aliphatic carbocycles. The van der Waals surface area contributed by atoms with Crippen molar-refractivity contribution in [3.05, 3.63) is 188 Å². The van der Waals surface area contributed by atoms with Gasteiger partial charge in [-0.05, 0) is 80.2 Å². The molecule has 0 saturated carbocycles. The number of furan rings is 1. The third kappa shape index (κ3) is 5.40. The van der Waals surface area contributed by atoms with Gasteiger partial charge in [0.25, 0.3) is 0 Å². The highest BCUT2D eigenvalue weighted by atomic mass is 32.1. The molecular formula is C53H31N3OS. The Kier molecular flexibility index (Phi) is 7.37. The van der Waals surface area contributed by atoms with Crippen LogP contribution in [0, 0.1) is 0 Å². The molecule has 0 saturated heterocycles. The molecule has 0 aliphatic rings. The van der Waals surface area contributed by atoms with Gasteiger partial charge in [0.2, 0.25) is 0 Å². The monoisotopic (exact) mass is 757 g/mol. The molecule has 0 unspecified atom stereocenters. The minimum Gasteiger partial charge on any atom is -0.456 e. The second kappa shape index (κ2) is 13.1. The van der Waals surface area contributed by atoms with E-state index in [0.29, 0.717) is 17.5 Å². The zero-order chi connectivity index (χ0) is 38.2. The molecule has 4 nitrogen and oxygen atoms in total. The smallest absolute Gasteiger partial charge is 0.164 e. The summed E-state index contributed by atoms with van der Waals surface area (Å²) in [5, 5.41) is 9.72. The summed E-state index contributed by atoms with van der Waals surface area (Å²) in [5.74, 6) is 1.93. The Morgan fingerprint density at radius 2 is 0.914 bits per heavy atom. The van der Waals surface area contributed by atoms with Crippen LogP contribution in [0.25, 0.3) is 120 Å². The van der Waals surface area contributed by atoms with Gasteiger partial charge in [-0.25, -0.2) is 15.0 Å². The van der Waals surface area contributed by atoms with Crippen molar-refractivity contribution in [1.82, 2.24) is 15.0 Å². The highest BCUT2D eigenvalue weighted by Gasteiger charge is 2.17. The number of benzene rings is 9. The largest absolute Gasteiger partial charge is 0.456 e. The molecule has 0 N–H and O–H groups in total. The van der Waals surface area contributed by atoms with E-state index in [1.165, 1.54) is 47.3 Å². The van der Waals surface area contributed by atoms with Gasteiger partial charge >= 0.3 is 0 Å². The van der Waals surface area contributed by atoms with Gasteiger partial charge < -0.3 is 4.42 Å². The first-order chi connectivity index (χ1) is 28.7. The molecule has 270 valence electrons. The van der Waals surface area contributed by atoms with Crippen molar-refractivity contribution in [2.24, 2.45) is 0 Å². The highest BCUT2D eigenvalue weighted by molar-refractivity contribution is 7.25. The highest BCUT2D eigenvalue weighted by Crippen LogP contribution is 2.40. The number of aromatic nitrogens is 3. The van der Waals surface area contributed by atoms with Gasteiger partial charge in [0.05, 0.1) is 0 Å². The lowest BCUT2D eigenvalue weighted by Gasteiger charge is -2.10. The lowest BCUT2D eigenvalue weighted by molar-refractivity contribution is 0.669. The lowest BCUT2D eigenvalue weighted by atomic mass is 9.95. The summed E-state index contributed by atoms with van der Waals surface area (Å²) in [4.78, 5) is 15.1. The van der Waals surface area contributed by atoms with Gasteiger partial charge in [0.1, 0.15) is 11.2 Å². The first-order valence-electron chi connectivity index (χ1n) is 19.4. The fourth-order valence-corrected chi connectivity index (χ4v) is 9.59. The number of nitrogens with zero attached hydrogens (tertiary/aromatic N) is 3. The third-order valence-corrected chi connectivity index (χ3v) is 12.5. The normalized spacial score (nSPS) is 11.8. The molecule has 0 atom stereocenters. The molecular weight excluding hydrogens is 727 g/mol. The average molecular weight is 758 g/mol. The molecule has 0 fully saturated rings. The quantitative estimate of drug-likeness (QED) is 0.164. The van der Waals surface area contributed by atoms with Crippen LogP contribution in [0.5, 0.6) is 0 Å². The van der Waals surface area contributed by atoms with Crippen molar-refractivity contribution in [1.29, 1.82) is 0 Å². The SMILES string of the molecule is c1ccc(-c2nc(-c3ccc(-c4cccc5oc6ccc(-c7ccc8ccc9ccccc9c8c7)cc6c45)cc3)nc(-c3ccc4c(c3)sc3ccccc34)n2)cc1. The van der Waals surface area contributed by atoms with Crippen molar-refractivity contribution in [3.8, 4) is 56.4 Å². The maximum Gasteiger partial charge on any atom is 0.164 e. The average Bonchev–Trinajstić information content (AvgIpc) is 3.87. The van der Waals surface area contributed by atoms with E-state index in [0.717, 1.165) is 55.3 Å². The molecule has 9 aromatic carbocycles. The molecule has 0 aliphatic heterocycles. The van der Waals surface area contributed by atoms with Crippen molar-refractivity contribution < 1.29 is 4.42 Å². The molecule has 0 spiro atoms. The van der Waals surface area contributed by atoms with Crippen LogP contribution in [0.3, 0.4) is 0 Å². The van der Waals surface area contributed by atoms with E-state index in [4.69, 9.17) is 19.4 Å². The van der Waals surface area contributed by atoms with Crippen LogP contribution < -0.4 is 0 Å². The van der Waals surface area contributed by atoms with Crippen LogP contribution in [-0.2, 0) is 0 Å². The van der Waals surface area contributed by atoms with E-state index in [-0.39, 0.29) is 0 Å². The number of rotatable bonds is 5. The van der Waals surface area contributed by atoms with Gasteiger partial charge in [-0.3, -0.25) is 0 Å². The summed E-state index contributed by atoms with van der Waals surface area (Å²) in [6.45, 7) is 0. The Hall–Kier alpha value is -7.47. The third-order valence-electron chi connectivity index (χ3n) is 11.3. The van der Waals surface area contributed by atoms with Crippen molar-refractivity contribution in [2.45, 2.75) is 0 Å². The van der Waals surface area contributed by atoms with E-state index < -0.39 is 0 Å². The van der Waals surface area contributed by atoms with Gasteiger partial charge in [-0.15, -0.1) is 11.3 Å². The number of hydrogen-bond donors (Lipinski definition) is 0. The van der Waals surface area contributed by atoms with Gasteiger partial charge in [-0.2, -0.15) is 0 Å². The molecule has 3 aromatic heterocycles. The Labute approximate surface area is 337 Å². The fourth-order valence-electron chi connectivity index (χ4n) is 8.44. The molecule has 12 rings (SSSR count). The molecule has 5 heteroatoms. The second-order valence-electron chi connectivity index (χ2n) is 14.8. The Bertz CT molecular complexity index is 3570. The summed E-state index contributed by atoms with van der Waals surface area (Å²) in [5.41, 5.74) is 9.10. The molecule has 3 heterocycles. The van der Waals surface area contributed by atoms with Crippen molar-refractivity contribution >= 4 is 75.0 Å². The van der Waals surface area contributed by atoms with Crippen LogP contribution in [0.15, 0.2) is 192 Å². The van der Waals surface area contributed by atoms with Crippen LogP contribution in [0.1, 0.15) is 0 Å². The molecule has 0 radical (unpaired) electrons. The zero-order valence-electron chi connectivity index (χ0n) is 31.1. The number of fused-ring (bicyclic) bond motifs is 9. The predicted molar refractivity (Wildman–Crippen MR) is 242 cm³/mol. The first-order valence-corrected chi connectivity index (χ1v) is 20.2. The van der Waals surface area contributed by atoms with Crippen LogP contribution in [0.4, 0.5) is 0 Å². The Morgan fingerprint density at radius 3 is 1.74 bits per heavy atom. The molecule has 0 bridgehead atoms. The molecule has 12 aromatic rings. The Morgan fingerprint density at radius 1 is 0.328 bits per heavy atom. The van der Waals surface area contributed by atoms with Gasteiger partial charge in [0, 0.05) is 47.6 Å². The lowest BCUT2D eigenvalue weighted by Crippen LogP contribution is -2.00. The maximum atomic E-state index is 6.45. The summed E-state index contributed by atoms with van der Waals surface area (Å²) >= 11 is 1.80. The summed E-state index contributed by atoms with van der Waals surface area (Å²) < 4.78 is 8.94. The maximum absolute atomic E-state index is 6.45. The molecule has 58 heavy (non-hydrogen) atoms. The summed E-state index contributed by atoms with van der Waals surface area (Å²) in [7, 11) is 0. The second-order valence-corrected chi connectivity index (χ2v) is 15.9. The minimum atomic E-state index is 0.631. The van der Waals surface area contributed by atoms with Crippen LogP contribution >= 0.6 is 11.3 Å². The summed E-state index contributed by atoms with van der Waals surface area (Å²) in [6.07, 6.45) is 0. The van der Waals surface area contributed by atoms with E-state index in [1.807, 2.05) is 30.3 Å². The topological polar surface area (TPSA) is 51.8 Å². The number of thiophene rings is 1. The van der Waals surface area contributed by atoms with E-state index in [9.17, 15) is 0 Å². The standard InChI is InChI=1S/C53H31N3OS/c1-2-10-35(11-3-1)51-54-52(56-53(55-51)39-25-27-43-42-13-6-7-16-48(42)58-49(43)31-39)36-22-19-33(20-23-36)41-14-8-15-47-50(41)45-30-38(26-28-46(45)57-47)37-24-21-34-18-17-32-9-4-5-12-40(32)44(34)29-37/h1-31H. The predicted octanol–water partition coefficient (Wildman–Crippen LogP) is 14.8. The van der Waals surface area contributed by atoms with Crippen molar-refractivity contribution in [3.63, 3.8) is 0 Å². The van der Waals surface area contributed by atoms with Crippen molar-refractivity contribution in [2.75, 3.05) is 0 Å². The van der Waals surface area contributed by atoms with Crippen LogP contribution in [0.2, 0.25) is 0 Å². The van der Waals surface area contributed by atoms with E-state index in [1.54, 1.807) is 11.3 Å². The summed E-state index contributed by atoms with van der Waals surface area (Å²) in [6, 6.07) is 66.4. The van der Waals surface area contributed by atoms with E-state index >= 15 is 0 Å². The Balaban J connectivity index is 0.948. The molecule has 0 amide bonds. The van der Waals surface area contributed by atoms with Gasteiger partial charge in [-0.1, -0.05) is 152 Å².